The molecule has 1 aliphatic rings. The molecule has 5 nitrogen and oxygen atoms in total. The molecule has 2 aromatic rings. The van der Waals surface area contributed by atoms with Crippen LogP contribution in [0.15, 0.2) is 12.3 Å². The summed E-state index contributed by atoms with van der Waals surface area (Å²) in [6.07, 6.45) is 3.97. The Morgan fingerprint density at radius 1 is 1.58 bits per heavy atom. The van der Waals surface area contributed by atoms with Gasteiger partial charge in [0, 0.05) is 23.3 Å². The summed E-state index contributed by atoms with van der Waals surface area (Å²) in [7, 11) is 0. The third kappa shape index (κ3) is 2.40. The molecule has 0 saturated carbocycles. The van der Waals surface area contributed by atoms with Gasteiger partial charge in [-0.1, -0.05) is 0 Å². The zero-order valence-corrected chi connectivity index (χ0v) is 11.8. The Kier molecular flexibility index (Phi) is 3.10. The molecule has 2 aromatic heterocycles. The first-order chi connectivity index (χ1) is 9.13. The SMILES string of the molecule is Cc1cnc([C@H](C)NC(=O)c2cc3n(n2)CCC3)s1. The smallest absolute Gasteiger partial charge is 0.272 e. The second-order valence-electron chi connectivity index (χ2n) is 4.85. The number of hydrogen-bond acceptors (Lipinski definition) is 4. The summed E-state index contributed by atoms with van der Waals surface area (Å²) in [5.41, 5.74) is 1.66. The van der Waals surface area contributed by atoms with E-state index in [-0.39, 0.29) is 11.9 Å². The molecule has 1 atom stereocenters. The normalized spacial score (nSPS) is 15.3. The van der Waals surface area contributed by atoms with Gasteiger partial charge in [-0.15, -0.1) is 11.3 Å². The predicted molar refractivity (Wildman–Crippen MR) is 73.3 cm³/mol. The largest absolute Gasteiger partial charge is 0.342 e. The average molecular weight is 276 g/mol. The lowest BCUT2D eigenvalue weighted by atomic mass is 10.2. The van der Waals surface area contributed by atoms with E-state index in [0.29, 0.717) is 5.69 Å². The summed E-state index contributed by atoms with van der Waals surface area (Å²) in [5.74, 6) is -0.123. The van der Waals surface area contributed by atoms with Gasteiger partial charge < -0.3 is 5.32 Å². The molecule has 1 N–H and O–H groups in total. The number of aromatic nitrogens is 3. The standard InChI is InChI=1S/C13H16N4OS/c1-8-7-14-13(19-8)9(2)15-12(18)11-6-10-4-3-5-17(10)16-11/h6-7,9H,3-5H2,1-2H3,(H,15,18)/t9-/m0/s1. The molecule has 0 unspecified atom stereocenters. The van der Waals surface area contributed by atoms with Crippen LogP contribution in [0, 0.1) is 6.92 Å². The van der Waals surface area contributed by atoms with Crippen molar-refractivity contribution in [2.75, 3.05) is 0 Å². The average Bonchev–Trinajstić information content (AvgIpc) is 3.02. The van der Waals surface area contributed by atoms with Crippen LogP contribution < -0.4 is 5.32 Å². The minimum absolute atomic E-state index is 0.0808. The topological polar surface area (TPSA) is 59.8 Å². The maximum absolute atomic E-state index is 12.1. The number of aryl methyl sites for hydroxylation is 3. The van der Waals surface area contributed by atoms with Gasteiger partial charge in [-0.25, -0.2) is 4.98 Å². The third-order valence-corrected chi connectivity index (χ3v) is 4.35. The van der Waals surface area contributed by atoms with Crippen molar-refractivity contribution in [3.8, 4) is 0 Å². The van der Waals surface area contributed by atoms with Crippen LogP contribution >= 0.6 is 11.3 Å². The molecule has 0 saturated heterocycles. The van der Waals surface area contributed by atoms with Gasteiger partial charge in [-0.05, 0) is 32.8 Å². The summed E-state index contributed by atoms with van der Waals surface area (Å²) in [6.45, 7) is 4.87. The van der Waals surface area contributed by atoms with E-state index in [1.54, 1.807) is 11.3 Å². The molecule has 0 spiro atoms. The van der Waals surface area contributed by atoms with Crippen LogP contribution in [-0.2, 0) is 13.0 Å². The van der Waals surface area contributed by atoms with Crippen molar-refractivity contribution in [3.63, 3.8) is 0 Å². The van der Waals surface area contributed by atoms with Gasteiger partial charge in [0.15, 0.2) is 0 Å². The highest BCUT2D eigenvalue weighted by Crippen LogP contribution is 2.20. The van der Waals surface area contributed by atoms with Crippen LogP contribution in [0.3, 0.4) is 0 Å². The van der Waals surface area contributed by atoms with E-state index in [1.165, 1.54) is 0 Å². The van der Waals surface area contributed by atoms with Crippen LogP contribution in [0.5, 0.6) is 0 Å². The fraction of sp³-hybridized carbons (Fsp3) is 0.462. The van der Waals surface area contributed by atoms with Crippen LogP contribution in [0.1, 0.15) is 45.5 Å². The van der Waals surface area contributed by atoms with Gasteiger partial charge in [-0.3, -0.25) is 9.48 Å². The Morgan fingerprint density at radius 3 is 3.11 bits per heavy atom. The van der Waals surface area contributed by atoms with Gasteiger partial charge in [0.05, 0.1) is 6.04 Å². The molecule has 100 valence electrons. The fourth-order valence-electron chi connectivity index (χ4n) is 2.28. The van der Waals surface area contributed by atoms with Gasteiger partial charge in [0.2, 0.25) is 0 Å². The lowest BCUT2D eigenvalue weighted by molar-refractivity contribution is 0.0934. The number of hydrogen-bond donors (Lipinski definition) is 1. The summed E-state index contributed by atoms with van der Waals surface area (Å²) in [4.78, 5) is 17.6. The summed E-state index contributed by atoms with van der Waals surface area (Å²) >= 11 is 1.61. The third-order valence-electron chi connectivity index (χ3n) is 3.26. The zero-order chi connectivity index (χ0) is 13.4. The van der Waals surface area contributed by atoms with Crippen molar-refractivity contribution >= 4 is 17.2 Å². The molecule has 19 heavy (non-hydrogen) atoms. The van der Waals surface area contributed by atoms with Crippen molar-refractivity contribution in [3.05, 3.63) is 33.5 Å². The number of rotatable bonds is 3. The van der Waals surface area contributed by atoms with Gasteiger partial charge in [0.25, 0.3) is 5.91 Å². The predicted octanol–water partition coefficient (Wildman–Crippen LogP) is 2.09. The summed E-state index contributed by atoms with van der Waals surface area (Å²) in [6, 6.07) is 1.81. The van der Waals surface area contributed by atoms with Gasteiger partial charge in [-0.2, -0.15) is 5.10 Å². The summed E-state index contributed by atoms with van der Waals surface area (Å²) in [5, 5.41) is 8.21. The lowest BCUT2D eigenvalue weighted by Crippen LogP contribution is -2.27. The van der Waals surface area contributed by atoms with E-state index >= 15 is 0 Å². The minimum Gasteiger partial charge on any atom is -0.342 e. The quantitative estimate of drug-likeness (QED) is 0.933. The highest BCUT2D eigenvalue weighted by molar-refractivity contribution is 7.11. The fourth-order valence-corrected chi connectivity index (χ4v) is 3.05. The van der Waals surface area contributed by atoms with Crippen molar-refractivity contribution in [1.29, 1.82) is 0 Å². The number of fused-ring (bicyclic) bond motifs is 1. The van der Waals surface area contributed by atoms with Crippen molar-refractivity contribution < 1.29 is 4.79 Å². The number of carbonyl (C=O) groups is 1. The van der Waals surface area contributed by atoms with E-state index in [1.807, 2.05) is 30.8 Å². The van der Waals surface area contributed by atoms with Crippen molar-refractivity contribution in [2.24, 2.45) is 0 Å². The maximum atomic E-state index is 12.1. The lowest BCUT2D eigenvalue weighted by Gasteiger charge is -2.09. The molecule has 0 fully saturated rings. The Morgan fingerprint density at radius 2 is 2.42 bits per heavy atom. The van der Waals surface area contributed by atoms with E-state index in [2.05, 4.69) is 15.4 Å². The molecule has 0 aliphatic carbocycles. The number of amides is 1. The van der Waals surface area contributed by atoms with E-state index in [4.69, 9.17) is 0 Å². The Balaban J connectivity index is 1.70. The van der Waals surface area contributed by atoms with Crippen LogP contribution in [0.25, 0.3) is 0 Å². The first-order valence-electron chi connectivity index (χ1n) is 6.43. The molecule has 6 heteroatoms. The first kappa shape index (κ1) is 12.3. The maximum Gasteiger partial charge on any atom is 0.272 e. The molecule has 0 bridgehead atoms. The monoisotopic (exact) mass is 276 g/mol. The molecule has 3 rings (SSSR count). The highest BCUT2D eigenvalue weighted by Gasteiger charge is 2.20. The van der Waals surface area contributed by atoms with Gasteiger partial charge >= 0.3 is 0 Å². The number of nitrogens with zero attached hydrogens (tertiary/aromatic N) is 3. The minimum atomic E-state index is -0.123. The highest BCUT2D eigenvalue weighted by atomic mass is 32.1. The first-order valence-corrected chi connectivity index (χ1v) is 7.25. The molecule has 1 aliphatic heterocycles. The van der Waals surface area contributed by atoms with E-state index < -0.39 is 0 Å². The summed E-state index contributed by atoms with van der Waals surface area (Å²) < 4.78 is 1.92. The second-order valence-corrected chi connectivity index (χ2v) is 6.12. The van der Waals surface area contributed by atoms with Crippen molar-refractivity contribution in [2.45, 2.75) is 39.3 Å². The molecule has 1 amide bonds. The second kappa shape index (κ2) is 4.77. The zero-order valence-electron chi connectivity index (χ0n) is 11.0. The molecule has 0 aromatic carbocycles. The molecular weight excluding hydrogens is 260 g/mol. The Hall–Kier alpha value is -1.69. The number of carbonyl (C=O) groups excluding carboxylic acids is 1. The Labute approximate surface area is 115 Å². The number of thiazole rings is 1. The number of nitrogens with one attached hydrogen (secondary N) is 1. The van der Waals surface area contributed by atoms with E-state index in [0.717, 1.165) is 35.0 Å². The van der Waals surface area contributed by atoms with Crippen LogP contribution in [-0.4, -0.2) is 20.7 Å². The van der Waals surface area contributed by atoms with E-state index in [9.17, 15) is 4.79 Å². The van der Waals surface area contributed by atoms with Crippen LogP contribution in [0.4, 0.5) is 0 Å². The molecule has 3 heterocycles. The van der Waals surface area contributed by atoms with Crippen molar-refractivity contribution in [1.82, 2.24) is 20.1 Å². The molecule has 0 radical (unpaired) electrons. The van der Waals surface area contributed by atoms with Crippen LogP contribution in [0.2, 0.25) is 0 Å². The Bertz CT molecular complexity index is 594. The molecular formula is C13H16N4OS. The van der Waals surface area contributed by atoms with Gasteiger partial charge in [0.1, 0.15) is 10.7 Å².